The molecule has 2 N–H and O–H groups in total. The second-order valence-corrected chi connectivity index (χ2v) is 4.67. The Kier molecular flexibility index (Phi) is 4.27. The van der Waals surface area contributed by atoms with Crippen LogP contribution in [0.15, 0.2) is 30.3 Å². The number of aromatic carboxylic acids is 1. The quantitative estimate of drug-likeness (QED) is 0.892. The Morgan fingerprint density at radius 3 is 2.67 bits per heavy atom. The van der Waals surface area contributed by atoms with Gasteiger partial charge in [0.2, 0.25) is 0 Å². The minimum atomic E-state index is -0.993. The molecule has 2 rings (SSSR count). The van der Waals surface area contributed by atoms with Gasteiger partial charge in [0.25, 0.3) is 5.91 Å². The minimum Gasteiger partial charge on any atom is -0.478 e. The first kappa shape index (κ1) is 14.6. The largest absolute Gasteiger partial charge is 0.478 e. The van der Waals surface area contributed by atoms with Gasteiger partial charge in [0, 0.05) is 6.54 Å². The highest BCUT2D eigenvalue weighted by Crippen LogP contribution is 2.08. The van der Waals surface area contributed by atoms with Crippen LogP contribution in [-0.2, 0) is 6.54 Å². The number of aryl methyl sites for hydroxylation is 2. The molecule has 0 saturated heterocycles. The molecule has 0 radical (unpaired) electrons. The number of amides is 1. The van der Waals surface area contributed by atoms with Gasteiger partial charge < -0.3 is 10.4 Å². The number of rotatable bonds is 4. The predicted molar refractivity (Wildman–Crippen MR) is 76.1 cm³/mol. The van der Waals surface area contributed by atoms with Crippen molar-refractivity contribution in [3.05, 3.63) is 58.4 Å². The average molecular weight is 285 g/mol. The Hall–Kier alpha value is -2.76. The molecule has 1 aromatic heterocycles. The summed E-state index contributed by atoms with van der Waals surface area (Å²) in [7, 11) is 0. The van der Waals surface area contributed by atoms with Crippen LogP contribution in [0.1, 0.15) is 37.7 Å². The van der Waals surface area contributed by atoms with Crippen molar-refractivity contribution in [3.8, 4) is 0 Å². The zero-order valence-corrected chi connectivity index (χ0v) is 11.8. The molecule has 1 amide bonds. The van der Waals surface area contributed by atoms with Gasteiger partial charge >= 0.3 is 5.97 Å². The summed E-state index contributed by atoms with van der Waals surface area (Å²) in [6, 6.07) is 8.12. The molecule has 0 unspecified atom stereocenters. The number of carboxylic acid groups (broad SMARTS) is 1. The van der Waals surface area contributed by atoms with E-state index in [0.29, 0.717) is 17.0 Å². The zero-order chi connectivity index (χ0) is 15.4. The number of hydrogen-bond acceptors (Lipinski definition) is 4. The number of benzene rings is 1. The number of hydrogen-bond donors (Lipinski definition) is 2. The molecular weight excluding hydrogens is 270 g/mol. The van der Waals surface area contributed by atoms with E-state index in [4.69, 9.17) is 5.11 Å². The molecule has 0 bridgehead atoms. The van der Waals surface area contributed by atoms with E-state index >= 15 is 0 Å². The maximum atomic E-state index is 12.1. The number of nitrogens with one attached hydrogen (secondary N) is 1. The van der Waals surface area contributed by atoms with Crippen molar-refractivity contribution in [1.29, 1.82) is 0 Å². The van der Waals surface area contributed by atoms with Crippen molar-refractivity contribution in [2.24, 2.45) is 0 Å². The molecular formula is C15H15N3O3. The predicted octanol–water partition coefficient (Wildman–Crippen LogP) is 1.72. The van der Waals surface area contributed by atoms with Crippen molar-refractivity contribution >= 4 is 11.9 Å². The van der Waals surface area contributed by atoms with E-state index in [-0.39, 0.29) is 18.0 Å². The lowest BCUT2D eigenvalue weighted by molar-refractivity contribution is 0.0696. The van der Waals surface area contributed by atoms with E-state index < -0.39 is 5.97 Å². The van der Waals surface area contributed by atoms with Crippen LogP contribution in [0, 0.1) is 13.8 Å². The summed E-state index contributed by atoms with van der Waals surface area (Å²) >= 11 is 0. The molecule has 2 aromatic rings. The summed E-state index contributed by atoms with van der Waals surface area (Å²) < 4.78 is 0. The Morgan fingerprint density at radius 2 is 1.95 bits per heavy atom. The summed E-state index contributed by atoms with van der Waals surface area (Å²) in [5.74, 6) is -1.25. The van der Waals surface area contributed by atoms with Crippen LogP contribution < -0.4 is 5.32 Å². The molecule has 0 atom stereocenters. The molecule has 0 spiro atoms. The van der Waals surface area contributed by atoms with E-state index in [9.17, 15) is 9.59 Å². The van der Waals surface area contributed by atoms with Crippen molar-refractivity contribution in [1.82, 2.24) is 15.5 Å². The van der Waals surface area contributed by atoms with Gasteiger partial charge in [0.05, 0.1) is 22.5 Å². The van der Waals surface area contributed by atoms with Crippen LogP contribution in [0.4, 0.5) is 0 Å². The molecule has 21 heavy (non-hydrogen) atoms. The zero-order valence-electron chi connectivity index (χ0n) is 11.8. The highest BCUT2D eigenvalue weighted by Gasteiger charge is 2.11. The summed E-state index contributed by atoms with van der Waals surface area (Å²) in [5.41, 5.74) is 2.60. The van der Waals surface area contributed by atoms with Gasteiger partial charge in [-0.15, -0.1) is 0 Å². The van der Waals surface area contributed by atoms with Crippen LogP contribution in [0.2, 0.25) is 0 Å². The Morgan fingerprint density at radius 1 is 1.19 bits per heavy atom. The number of carbonyl (C=O) groups excluding carboxylic acids is 1. The second kappa shape index (κ2) is 6.13. The van der Waals surface area contributed by atoms with Gasteiger partial charge in [0.1, 0.15) is 0 Å². The minimum absolute atomic E-state index is 0.194. The molecule has 1 heterocycles. The number of aromatic nitrogens is 2. The molecule has 0 aliphatic heterocycles. The normalized spacial score (nSPS) is 10.2. The van der Waals surface area contributed by atoms with Gasteiger partial charge in [-0.2, -0.15) is 10.2 Å². The van der Waals surface area contributed by atoms with E-state index in [1.54, 1.807) is 32.0 Å². The van der Waals surface area contributed by atoms with Crippen LogP contribution in [0.3, 0.4) is 0 Å². The second-order valence-electron chi connectivity index (χ2n) is 4.67. The van der Waals surface area contributed by atoms with E-state index in [2.05, 4.69) is 15.5 Å². The lowest BCUT2D eigenvalue weighted by atomic mass is 10.1. The summed E-state index contributed by atoms with van der Waals surface area (Å²) in [6.45, 7) is 3.73. The van der Waals surface area contributed by atoms with E-state index in [1.807, 2.05) is 0 Å². The molecule has 108 valence electrons. The standard InChI is InChI=1S/C15H15N3O3/c1-9-6-13(10(2)18-17-9)14(19)16-8-11-4-3-5-12(7-11)15(20)21/h3-7H,8H2,1-2H3,(H,16,19)(H,20,21). The fourth-order valence-electron chi connectivity index (χ4n) is 1.87. The van der Waals surface area contributed by atoms with Crippen LogP contribution in [-0.4, -0.2) is 27.2 Å². The van der Waals surface area contributed by atoms with E-state index in [1.165, 1.54) is 12.1 Å². The fraction of sp³-hybridized carbons (Fsp3) is 0.200. The molecule has 0 saturated carbocycles. The van der Waals surface area contributed by atoms with Crippen molar-refractivity contribution in [2.45, 2.75) is 20.4 Å². The van der Waals surface area contributed by atoms with Gasteiger partial charge in [-0.05, 0) is 37.6 Å². The number of carboxylic acids is 1. The maximum absolute atomic E-state index is 12.1. The Balaban J connectivity index is 2.09. The van der Waals surface area contributed by atoms with Gasteiger partial charge in [-0.3, -0.25) is 4.79 Å². The highest BCUT2D eigenvalue weighted by atomic mass is 16.4. The summed E-state index contributed by atoms with van der Waals surface area (Å²) in [5, 5.41) is 19.5. The molecule has 0 aliphatic carbocycles. The molecule has 1 aromatic carbocycles. The van der Waals surface area contributed by atoms with Crippen LogP contribution in [0.5, 0.6) is 0 Å². The third kappa shape index (κ3) is 3.62. The summed E-state index contributed by atoms with van der Waals surface area (Å²) in [4.78, 5) is 23.0. The summed E-state index contributed by atoms with van der Waals surface area (Å²) in [6.07, 6.45) is 0. The SMILES string of the molecule is Cc1cc(C(=O)NCc2cccc(C(=O)O)c2)c(C)nn1. The molecule has 0 fully saturated rings. The third-order valence-electron chi connectivity index (χ3n) is 2.97. The first-order valence-electron chi connectivity index (χ1n) is 6.38. The first-order chi connectivity index (χ1) is 9.97. The maximum Gasteiger partial charge on any atom is 0.335 e. The Bertz CT molecular complexity index is 698. The third-order valence-corrected chi connectivity index (χ3v) is 2.97. The lowest BCUT2D eigenvalue weighted by Gasteiger charge is -2.08. The number of nitrogens with zero attached hydrogens (tertiary/aromatic N) is 2. The van der Waals surface area contributed by atoms with Crippen molar-refractivity contribution < 1.29 is 14.7 Å². The first-order valence-corrected chi connectivity index (χ1v) is 6.38. The highest BCUT2D eigenvalue weighted by molar-refractivity contribution is 5.95. The lowest BCUT2D eigenvalue weighted by Crippen LogP contribution is -2.24. The van der Waals surface area contributed by atoms with Gasteiger partial charge in [-0.25, -0.2) is 4.79 Å². The van der Waals surface area contributed by atoms with Crippen LogP contribution >= 0.6 is 0 Å². The fourth-order valence-corrected chi connectivity index (χ4v) is 1.87. The smallest absolute Gasteiger partial charge is 0.335 e. The van der Waals surface area contributed by atoms with Gasteiger partial charge in [-0.1, -0.05) is 12.1 Å². The Labute approximate surface area is 121 Å². The van der Waals surface area contributed by atoms with Crippen molar-refractivity contribution in [3.63, 3.8) is 0 Å². The average Bonchev–Trinajstić information content (AvgIpc) is 2.47. The van der Waals surface area contributed by atoms with Gasteiger partial charge in [0.15, 0.2) is 0 Å². The van der Waals surface area contributed by atoms with E-state index in [0.717, 1.165) is 5.56 Å². The number of carbonyl (C=O) groups is 2. The van der Waals surface area contributed by atoms with Crippen LogP contribution in [0.25, 0.3) is 0 Å². The van der Waals surface area contributed by atoms with Crippen molar-refractivity contribution in [2.75, 3.05) is 0 Å². The molecule has 6 nitrogen and oxygen atoms in total. The monoisotopic (exact) mass is 285 g/mol. The molecule has 0 aliphatic rings. The molecule has 6 heteroatoms. The topological polar surface area (TPSA) is 92.2 Å².